The molecule has 0 radical (unpaired) electrons. The van der Waals surface area contributed by atoms with Crippen molar-refractivity contribution in [2.45, 2.75) is 47.3 Å². The first-order valence-corrected chi connectivity index (χ1v) is 9.98. The number of aromatic nitrogens is 3. The number of carbonyl (C=O) groups is 1. The first-order chi connectivity index (χ1) is 13.8. The van der Waals surface area contributed by atoms with E-state index in [4.69, 9.17) is 21.1 Å². The quantitative estimate of drug-likeness (QED) is 0.415. The van der Waals surface area contributed by atoms with Gasteiger partial charge in [-0.1, -0.05) is 25.4 Å². The molecular formula is C22H26ClN3O3. The Morgan fingerprint density at radius 3 is 2.69 bits per heavy atom. The summed E-state index contributed by atoms with van der Waals surface area (Å²) < 4.78 is 12.7. The van der Waals surface area contributed by atoms with E-state index in [9.17, 15) is 4.79 Å². The molecule has 2 aromatic heterocycles. The number of hydrogen-bond acceptors (Lipinski definition) is 5. The molecule has 0 saturated heterocycles. The molecule has 0 spiro atoms. The molecule has 0 fully saturated rings. The highest BCUT2D eigenvalue weighted by molar-refractivity contribution is 6.30. The molecule has 3 rings (SSSR count). The van der Waals surface area contributed by atoms with Crippen LogP contribution in [0.25, 0.3) is 10.9 Å². The topological polar surface area (TPSA) is 66.2 Å². The molecule has 7 heteroatoms. The fourth-order valence-electron chi connectivity index (χ4n) is 3.26. The number of fused-ring (bicyclic) bond motifs is 1. The number of esters is 1. The third-order valence-corrected chi connectivity index (χ3v) is 5.16. The van der Waals surface area contributed by atoms with Crippen LogP contribution in [0.2, 0.25) is 5.15 Å². The van der Waals surface area contributed by atoms with Gasteiger partial charge in [0.25, 0.3) is 0 Å². The van der Waals surface area contributed by atoms with Gasteiger partial charge in [0.2, 0.25) is 0 Å². The molecule has 154 valence electrons. The van der Waals surface area contributed by atoms with E-state index >= 15 is 0 Å². The second-order valence-electron chi connectivity index (χ2n) is 7.56. The van der Waals surface area contributed by atoms with Gasteiger partial charge in [-0.3, -0.25) is 9.48 Å². The van der Waals surface area contributed by atoms with Crippen LogP contribution in [0.1, 0.15) is 36.4 Å². The Hall–Kier alpha value is -2.60. The standard InChI is InChI=1S/C22H26ClN3O3/c1-13(2)11-26-15(4)19(14(3)25-26)10-21(27)29-12-17-8-16-6-7-18(28-5)9-20(16)24-22(17)23/h6-9,13H,10-12H2,1-5H3. The fourth-order valence-corrected chi connectivity index (χ4v) is 3.46. The summed E-state index contributed by atoms with van der Waals surface area (Å²) in [5, 5.41) is 5.77. The average molecular weight is 416 g/mol. The van der Waals surface area contributed by atoms with Crippen LogP contribution in [0.4, 0.5) is 0 Å². The summed E-state index contributed by atoms with van der Waals surface area (Å²) in [6.07, 6.45) is 0.186. The molecule has 0 aliphatic heterocycles. The highest BCUT2D eigenvalue weighted by Crippen LogP contribution is 2.25. The third-order valence-electron chi connectivity index (χ3n) is 4.83. The van der Waals surface area contributed by atoms with Gasteiger partial charge in [-0.2, -0.15) is 5.10 Å². The van der Waals surface area contributed by atoms with E-state index in [0.29, 0.717) is 22.4 Å². The fraction of sp³-hybridized carbons (Fsp3) is 0.409. The van der Waals surface area contributed by atoms with Crippen molar-refractivity contribution in [2.75, 3.05) is 7.11 Å². The third kappa shape index (κ3) is 4.88. The lowest BCUT2D eigenvalue weighted by Gasteiger charge is -2.10. The van der Waals surface area contributed by atoms with Crippen LogP contribution in [0.15, 0.2) is 24.3 Å². The number of benzene rings is 1. The summed E-state index contributed by atoms with van der Waals surface area (Å²) >= 11 is 6.29. The van der Waals surface area contributed by atoms with E-state index in [0.717, 1.165) is 34.4 Å². The van der Waals surface area contributed by atoms with Crippen molar-refractivity contribution < 1.29 is 14.3 Å². The maximum Gasteiger partial charge on any atom is 0.310 e. The number of hydrogen-bond donors (Lipinski definition) is 0. The Kier molecular flexibility index (Phi) is 6.42. The number of nitrogens with zero attached hydrogens (tertiary/aromatic N) is 3. The van der Waals surface area contributed by atoms with Gasteiger partial charge in [0.15, 0.2) is 0 Å². The SMILES string of the molecule is COc1ccc2cc(COC(=O)Cc3c(C)nn(CC(C)C)c3C)c(Cl)nc2c1. The van der Waals surface area contributed by atoms with Crippen molar-refractivity contribution in [1.82, 2.24) is 14.8 Å². The van der Waals surface area contributed by atoms with Crippen molar-refractivity contribution in [3.8, 4) is 5.75 Å². The molecular weight excluding hydrogens is 390 g/mol. The van der Waals surface area contributed by atoms with Gasteiger partial charge in [0.1, 0.15) is 17.5 Å². The Labute approximate surface area is 175 Å². The van der Waals surface area contributed by atoms with E-state index < -0.39 is 0 Å². The van der Waals surface area contributed by atoms with Gasteiger partial charge >= 0.3 is 5.97 Å². The van der Waals surface area contributed by atoms with Crippen LogP contribution in [-0.2, 0) is 29.1 Å². The van der Waals surface area contributed by atoms with Crippen LogP contribution in [0.5, 0.6) is 5.75 Å². The maximum atomic E-state index is 12.4. The van der Waals surface area contributed by atoms with E-state index in [1.807, 2.05) is 42.8 Å². The monoisotopic (exact) mass is 415 g/mol. The summed E-state index contributed by atoms with van der Waals surface area (Å²) in [5.41, 5.74) is 4.19. The number of ether oxygens (including phenoxy) is 2. The minimum atomic E-state index is -0.314. The van der Waals surface area contributed by atoms with Gasteiger partial charge in [-0.15, -0.1) is 0 Å². The van der Waals surface area contributed by atoms with Crippen LogP contribution in [0.3, 0.4) is 0 Å². The molecule has 0 aliphatic rings. The lowest BCUT2D eigenvalue weighted by atomic mass is 10.1. The summed E-state index contributed by atoms with van der Waals surface area (Å²) in [7, 11) is 1.60. The molecule has 0 amide bonds. The molecule has 6 nitrogen and oxygen atoms in total. The minimum Gasteiger partial charge on any atom is -0.497 e. The first kappa shape index (κ1) is 21.1. The zero-order valence-electron chi connectivity index (χ0n) is 17.5. The number of pyridine rings is 1. The van der Waals surface area contributed by atoms with Crippen molar-refractivity contribution in [3.05, 3.63) is 51.9 Å². The summed E-state index contributed by atoms with van der Waals surface area (Å²) in [6.45, 7) is 9.09. The zero-order valence-corrected chi connectivity index (χ0v) is 18.2. The number of rotatable bonds is 7. The number of halogens is 1. The van der Waals surface area contributed by atoms with E-state index in [-0.39, 0.29) is 19.0 Å². The van der Waals surface area contributed by atoms with Gasteiger partial charge < -0.3 is 9.47 Å². The largest absolute Gasteiger partial charge is 0.497 e. The summed E-state index contributed by atoms with van der Waals surface area (Å²) in [5.74, 6) is 0.880. The maximum absolute atomic E-state index is 12.4. The molecule has 0 aliphatic carbocycles. The second kappa shape index (κ2) is 8.82. The minimum absolute atomic E-state index is 0.0743. The molecule has 0 bridgehead atoms. The summed E-state index contributed by atoms with van der Waals surface area (Å²) in [6, 6.07) is 7.46. The highest BCUT2D eigenvalue weighted by Gasteiger charge is 2.17. The van der Waals surface area contributed by atoms with E-state index in [2.05, 4.69) is 23.9 Å². The van der Waals surface area contributed by atoms with Crippen molar-refractivity contribution in [3.63, 3.8) is 0 Å². The average Bonchev–Trinajstić information content (AvgIpc) is 2.92. The molecule has 2 heterocycles. The molecule has 29 heavy (non-hydrogen) atoms. The Morgan fingerprint density at radius 1 is 1.24 bits per heavy atom. The molecule has 0 unspecified atom stereocenters. The normalized spacial score (nSPS) is 11.3. The summed E-state index contributed by atoms with van der Waals surface area (Å²) in [4.78, 5) is 16.8. The van der Waals surface area contributed by atoms with Crippen LogP contribution in [-0.4, -0.2) is 27.8 Å². The lowest BCUT2D eigenvalue weighted by Crippen LogP contribution is -2.11. The zero-order chi connectivity index (χ0) is 21.1. The van der Waals surface area contributed by atoms with E-state index in [1.165, 1.54) is 0 Å². The molecule has 1 aromatic carbocycles. The van der Waals surface area contributed by atoms with Gasteiger partial charge in [0.05, 0.1) is 24.7 Å². The van der Waals surface area contributed by atoms with Gasteiger partial charge in [-0.25, -0.2) is 4.98 Å². The Morgan fingerprint density at radius 2 is 2.00 bits per heavy atom. The smallest absolute Gasteiger partial charge is 0.310 e. The van der Waals surface area contributed by atoms with Crippen molar-refractivity contribution in [1.29, 1.82) is 0 Å². The number of methoxy groups -OCH3 is 1. The van der Waals surface area contributed by atoms with Crippen LogP contribution >= 0.6 is 11.6 Å². The van der Waals surface area contributed by atoms with Gasteiger partial charge in [0, 0.05) is 34.8 Å². The Balaban J connectivity index is 1.69. The molecule has 3 aromatic rings. The van der Waals surface area contributed by atoms with Crippen LogP contribution in [0, 0.1) is 19.8 Å². The predicted molar refractivity (Wildman–Crippen MR) is 113 cm³/mol. The second-order valence-corrected chi connectivity index (χ2v) is 7.92. The number of carbonyl (C=O) groups excluding carboxylic acids is 1. The van der Waals surface area contributed by atoms with Crippen molar-refractivity contribution in [2.24, 2.45) is 5.92 Å². The lowest BCUT2D eigenvalue weighted by molar-refractivity contribution is -0.144. The predicted octanol–water partition coefficient (Wildman–Crippen LogP) is 4.65. The van der Waals surface area contributed by atoms with E-state index in [1.54, 1.807) is 7.11 Å². The molecule has 0 atom stereocenters. The first-order valence-electron chi connectivity index (χ1n) is 9.60. The molecule has 0 N–H and O–H groups in total. The van der Waals surface area contributed by atoms with Gasteiger partial charge in [-0.05, 0) is 38.0 Å². The van der Waals surface area contributed by atoms with Crippen LogP contribution < -0.4 is 4.74 Å². The highest BCUT2D eigenvalue weighted by atomic mass is 35.5. The number of aryl methyl sites for hydroxylation is 1. The van der Waals surface area contributed by atoms with Crippen molar-refractivity contribution >= 4 is 28.5 Å². The Bertz CT molecular complexity index is 1040. The molecule has 0 saturated carbocycles.